The van der Waals surface area contributed by atoms with Crippen LogP contribution in [0.1, 0.15) is 21.5 Å². The van der Waals surface area contributed by atoms with Gasteiger partial charge in [0.15, 0.2) is 0 Å². The lowest BCUT2D eigenvalue weighted by molar-refractivity contribution is -0.111. The van der Waals surface area contributed by atoms with Crippen LogP contribution in [-0.2, 0) is 14.3 Å². The van der Waals surface area contributed by atoms with Gasteiger partial charge in [0.05, 0.1) is 31.6 Å². The van der Waals surface area contributed by atoms with Crippen LogP contribution in [0, 0.1) is 6.92 Å². The van der Waals surface area contributed by atoms with E-state index in [1.54, 1.807) is 24.3 Å². The summed E-state index contributed by atoms with van der Waals surface area (Å²) in [6.45, 7) is 4.68. The number of hydrogen-bond acceptors (Lipinski definition) is 5. The largest absolute Gasteiger partial charge is 0.465 e. The molecule has 0 saturated carbocycles. The summed E-state index contributed by atoms with van der Waals surface area (Å²) in [6, 6.07) is 10.9. The molecule has 1 aliphatic heterocycles. The zero-order valence-corrected chi connectivity index (χ0v) is 17.2. The molecule has 6 nitrogen and oxygen atoms in total. The van der Waals surface area contributed by atoms with Crippen LogP contribution in [0.2, 0.25) is 5.02 Å². The van der Waals surface area contributed by atoms with Crippen LogP contribution in [-0.4, -0.2) is 45.3 Å². The quantitative estimate of drug-likeness (QED) is 0.593. The topological polar surface area (TPSA) is 67.9 Å². The number of amides is 1. The third-order valence-electron chi connectivity index (χ3n) is 4.67. The predicted molar refractivity (Wildman–Crippen MR) is 115 cm³/mol. The van der Waals surface area contributed by atoms with E-state index < -0.39 is 5.97 Å². The molecule has 2 aromatic rings. The van der Waals surface area contributed by atoms with Crippen LogP contribution in [0.3, 0.4) is 0 Å². The van der Waals surface area contributed by atoms with Crippen molar-refractivity contribution in [3.05, 3.63) is 64.2 Å². The average molecular weight is 415 g/mol. The molecule has 29 heavy (non-hydrogen) atoms. The van der Waals surface area contributed by atoms with Gasteiger partial charge in [-0.15, -0.1) is 0 Å². The summed E-state index contributed by atoms with van der Waals surface area (Å²) >= 11 is 6.11. The van der Waals surface area contributed by atoms with E-state index in [4.69, 9.17) is 21.1 Å². The second-order valence-corrected chi connectivity index (χ2v) is 7.06. The number of carbonyl (C=O) groups is 2. The van der Waals surface area contributed by atoms with Crippen molar-refractivity contribution in [2.45, 2.75) is 6.92 Å². The Bertz CT molecular complexity index is 936. The summed E-state index contributed by atoms with van der Waals surface area (Å²) in [5.74, 6) is -0.865. The molecule has 1 amide bonds. The highest BCUT2D eigenvalue weighted by Gasteiger charge is 2.18. The highest BCUT2D eigenvalue weighted by molar-refractivity contribution is 6.31. The maximum Gasteiger partial charge on any atom is 0.340 e. The van der Waals surface area contributed by atoms with Gasteiger partial charge in [0.25, 0.3) is 0 Å². The first kappa shape index (κ1) is 20.9. The second-order valence-electron chi connectivity index (χ2n) is 6.65. The molecule has 0 aromatic heterocycles. The monoisotopic (exact) mass is 414 g/mol. The Kier molecular flexibility index (Phi) is 6.90. The maximum atomic E-state index is 12.4. The molecule has 7 heteroatoms. The number of carbonyl (C=O) groups excluding carboxylic acids is 2. The fourth-order valence-electron chi connectivity index (χ4n) is 3.00. The van der Waals surface area contributed by atoms with Crippen molar-refractivity contribution in [1.82, 2.24) is 0 Å². The number of hydrogen-bond donors (Lipinski definition) is 1. The molecular weight excluding hydrogens is 392 g/mol. The van der Waals surface area contributed by atoms with Gasteiger partial charge in [-0.25, -0.2) is 4.79 Å². The SMILES string of the molecule is COC(=O)c1cc(N2CCOCC2)ccc1NC(=O)/C=C/c1ccc(C)c(Cl)c1. The van der Waals surface area contributed by atoms with Gasteiger partial charge in [0.2, 0.25) is 5.91 Å². The number of benzene rings is 2. The molecule has 0 unspecified atom stereocenters. The number of methoxy groups -OCH3 is 1. The van der Waals surface area contributed by atoms with E-state index in [9.17, 15) is 9.59 Å². The van der Waals surface area contributed by atoms with Crippen LogP contribution in [0.4, 0.5) is 11.4 Å². The molecule has 1 heterocycles. The first-order valence-corrected chi connectivity index (χ1v) is 9.66. The van der Waals surface area contributed by atoms with Gasteiger partial charge in [-0.2, -0.15) is 0 Å². The molecule has 0 spiro atoms. The number of anilines is 2. The van der Waals surface area contributed by atoms with E-state index >= 15 is 0 Å². The molecule has 0 atom stereocenters. The summed E-state index contributed by atoms with van der Waals surface area (Å²) in [5, 5.41) is 3.39. The van der Waals surface area contributed by atoms with Crippen molar-refractivity contribution in [3.8, 4) is 0 Å². The van der Waals surface area contributed by atoms with E-state index in [1.807, 2.05) is 25.1 Å². The van der Waals surface area contributed by atoms with Gasteiger partial charge in [-0.1, -0.05) is 23.7 Å². The predicted octanol–water partition coefficient (Wildman–Crippen LogP) is 3.92. The Morgan fingerprint density at radius 2 is 1.93 bits per heavy atom. The highest BCUT2D eigenvalue weighted by atomic mass is 35.5. The molecule has 0 aliphatic carbocycles. The smallest absolute Gasteiger partial charge is 0.340 e. The Hall–Kier alpha value is -2.83. The van der Waals surface area contributed by atoms with Crippen molar-refractivity contribution in [2.24, 2.45) is 0 Å². The van der Waals surface area contributed by atoms with Gasteiger partial charge in [-0.05, 0) is 48.4 Å². The highest BCUT2D eigenvalue weighted by Crippen LogP contribution is 2.25. The Labute approximate surface area is 175 Å². The lowest BCUT2D eigenvalue weighted by Gasteiger charge is -2.29. The van der Waals surface area contributed by atoms with Crippen molar-refractivity contribution >= 4 is 40.9 Å². The van der Waals surface area contributed by atoms with Crippen LogP contribution in [0.15, 0.2) is 42.5 Å². The molecule has 152 valence electrons. The first-order valence-electron chi connectivity index (χ1n) is 9.28. The molecule has 3 rings (SSSR count). The number of aryl methyl sites for hydroxylation is 1. The molecule has 0 bridgehead atoms. The van der Waals surface area contributed by atoms with E-state index in [-0.39, 0.29) is 5.91 Å². The van der Waals surface area contributed by atoms with Crippen molar-refractivity contribution in [3.63, 3.8) is 0 Å². The maximum absolute atomic E-state index is 12.4. The van der Waals surface area contributed by atoms with Gasteiger partial charge in [0.1, 0.15) is 0 Å². The molecule has 1 aliphatic rings. The lowest BCUT2D eigenvalue weighted by Crippen LogP contribution is -2.36. The van der Waals surface area contributed by atoms with E-state index in [0.29, 0.717) is 29.5 Å². The van der Waals surface area contributed by atoms with Crippen molar-refractivity contribution in [2.75, 3.05) is 43.6 Å². The number of morpholine rings is 1. The zero-order chi connectivity index (χ0) is 20.8. The van der Waals surface area contributed by atoms with Crippen LogP contribution in [0.5, 0.6) is 0 Å². The van der Waals surface area contributed by atoms with Crippen LogP contribution < -0.4 is 10.2 Å². The van der Waals surface area contributed by atoms with Gasteiger partial charge < -0.3 is 19.7 Å². The normalized spacial score (nSPS) is 14.1. The zero-order valence-electron chi connectivity index (χ0n) is 16.4. The minimum absolute atomic E-state index is 0.302. The van der Waals surface area contributed by atoms with E-state index in [2.05, 4.69) is 10.2 Å². The average Bonchev–Trinajstić information content (AvgIpc) is 2.75. The number of esters is 1. The number of ether oxygens (including phenoxy) is 2. The minimum atomic E-state index is -0.510. The summed E-state index contributed by atoms with van der Waals surface area (Å²) in [6.07, 6.45) is 3.07. The number of nitrogens with one attached hydrogen (secondary N) is 1. The van der Waals surface area contributed by atoms with Crippen molar-refractivity contribution in [1.29, 1.82) is 0 Å². The molecule has 1 saturated heterocycles. The molecule has 2 aromatic carbocycles. The minimum Gasteiger partial charge on any atom is -0.465 e. The lowest BCUT2D eigenvalue weighted by atomic mass is 10.1. The molecule has 1 N–H and O–H groups in total. The fraction of sp³-hybridized carbons (Fsp3) is 0.273. The molecule has 1 fully saturated rings. The summed E-state index contributed by atoms with van der Waals surface area (Å²) in [4.78, 5) is 26.8. The Morgan fingerprint density at radius 1 is 1.17 bits per heavy atom. The Balaban J connectivity index is 1.77. The number of nitrogens with zero attached hydrogens (tertiary/aromatic N) is 1. The molecule has 0 radical (unpaired) electrons. The van der Waals surface area contributed by atoms with Crippen LogP contribution in [0.25, 0.3) is 6.08 Å². The number of halogens is 1. The fourth-order valence-corrected chi connectivity index (χ4v) is 3.19. The van der Waals surface area contributed by atoms with Gasteiger partial charge in [0, 0.05) is 29.9 Å². The summed E-state index contributed by atoms with van der Waals surface area (Å²) in [7, 11) is 1.32. The summed E-state index contributed by atoms with van der Waals surface area (Å²) in [5.41, 5.74) is 3.36. The van der Waals surface area contributed by atoms with Crippen LogP contribution >= 0.6 is 11.6 Å². The first-order chi connectivity index (χ1) is 14.0. The van der Waals surface area contributed by atoms with Crippen molar-refractivity contribution < 1.29 is 19.1 Å². The third kappa shape index (κ3) is 5.37. The van der Waals surface area contributed by atoms with E-state index in [0.717, 1.165) is 29.9 Å². The standard InChI is InChI=1S/C22H23ClN2O4/c1-15-3-4-16(13-19(15)23)5-8-21(26)24-20-7-6-17(14-18(20)22(27)28-2)25-9-11-29-12-10-25/h3-8,13-14H,9-12H2,1-2H3,(H,24,26)/b8-5+. The summed E-state index contributed by atoms with van der Waals surface area (Å²) < 4.78 is 10.3. The van der Waals surface area contributed by atoms with Gasteiger partial charge >= 0.3 is 5.97 Å². The second kappa shape index (κ2) is 9.58. The Morgan fingerprint density at radius 3 is 2.62 bits per heavy atom. The van der Waals surface area contributed by atoms with Gasteiger partial charge in [-0.3, -0.25) is 4.79 Å². The molecular formula is C22H23ClN2O4. The third-order valence-corrected chi connectivity index (χ3v) is 5.07. The number of rotatable bonds is 5. The van der Waals surface area contributed by atoms with E-state index in [1.165, 1.54) is 13.2 Å².